The fourth-order valence-electron chi connectivity index (χ4n) is 0.285. The molecular weight excluding hydrogens is 283 g/mol. The predicted molar refractivity (Wildman–Crippen MR) is 61.2 cm³/mol. The van der Waals surface area contributed by atoms with Gasteiger partial charge in [-0.2, -0.15) is 0 Å². The number of carboxylic acid groups (broad SMARTS) is 4. The molecule has 0 aliphatic heterocycles. The largest absolute Gasteiger partial charge is 0.631 e. The van der Waals surface area contributed by atoms with Crippen molar-refractivity contribution < 1.29 is 54.7 Å². The molecule has 7 N–H and O–H groups in total. The maximum atomic E-state index is 9.55. The van der Waals surface area contributed by atoms with Crippen molar-refractivity contribution in [2.24, 2.45) is 0 Å². The van der Waals surface area contributed by atoms with E-state index in [1.165, 1.54) is 0 Å². The van der Waals surface area contributed by atoms with Gasteiger partial charge in [0.25, 0.3) is 0 Å². The summed E-state index contributed by atoms with van der Waals surface area (Å²) >= 11 is 0. The standard InChI is InChI=1S/2C4H4O4.BH3O3/c2*5-3(6)1-2-4(7)8;2-1(3)4/h2*1-2H,(H,5,6)(H,7,8);2-4H/b2*2-1-;. The topological polar surface area (TPSA) is 210 Å². The minimum absolute atomic E-state index is 0.558. The van der Waals surface area contributed by atoms with Crippen molar-refractivity contribution in [3.63, 3.8) is 0 Å². The second-order valence-electron chi connectivity index (χ2n) is 2.37. The third-order valence-corrected chi connectivity index (χ3v) is 0.737. The molecule has 0 spiro atoms. The minimum atomic E-state index is -2.17. The van der Waals surface area contributed by atoms with E-state index in [9.17, 15) is 19.2 Å². The molecule has 11 nitrogen and oxygen atoms in total. The maximum absolute atomic E-state index is 9.55. The van der Waals surface area contributed by atoms with Crippen LogP contribution < -0.4 is 0 Å². The van der Waals surface area contributed by atoms with Crippen LogP contribution >= 0.6 is 0 Å². The van der Waals surface area contributed by atoms with E-state index in [1.807, 2.05) is 0 Å². The van der Waals surface area contributed by atoms with Gasteiger partial charge in [0.1, 0.15) is 0 Å². The summed E-state index contributed by atoms with van der Waals surface area (Å²) in [6.45, 7) is 0. The number of aliphatic carboxylic acids is 4. The van der Waals surface area contributed by atoms with Gasteiger partial charge in [0.2, 0.25) is 0 Å². The molecule has 0 saturated heterocycles. The molecule has 12 heteroatoms. The molecule has 0 rings (SSSR count). The molecular formula is C8H11BO11. The Kier molecular flexibility index (Phi) is 16.1. The van der Waals surface area contributed by atoms with Crippen LogP contribution in [0.25, 0.3) is 0 Å². The smallest absolute Gasteiger partial charge is 0.478 e. The van der Waals surface area contributed by atoms with Crippen LogP contribution in [0.1, 0.15) is 0 Å². The lowest BCUT2D eigenvalue weighted by molar-refractivity contribution is -0.134. The highest BCUT2D eigenvalue weighted by atomic mass is 16.5. The van der Waals surface area contributed by atoms with Gasteiger partial charge in [0, 0.05) is 24.3 Å². The molecule has 0 unspecified atom stereocenters. The first-order chi connectivity index (χ1) is 8.98. The van der Waals surface area contributed by atoms with E-state index in [-0.39, 0.29) is 0 Å². The van der Waals surface area contributed by atoms with Crippen LogP contribution in [-0.2, 0) is 19.2 Å². The third-order valence-electron chi connectivity index (χ3n) is 0.737. The lowest BCUT2D eigenvalue weighted by Crippen LogP contribution is -2.07. The van der Waals surface area contributed by atoms with Gasteiger partial charge in [-0.1, -0.05) is 0 Å². The number of carbonyl (C=O) groups is 4. The monoisotopic (exact) mass is 294 g/mol. The fourth-order valence-corrected chi connectivity index (χ4v) is 0.285. The van der Waals surface area contributed by atoms with E-state index in [4.69, 9.17) is 35.5 Å². The summed E-state index contributed by atoms with van der Waals surface area (Å²) in [4.78, 5) is 38.2. The van der Waals surface area contributed by atoms with Crippen LogP contribution in [0.15, 0.2) is 24.3 Å². The van der Waals surface area contributed by atoms with Crippen molar-refractivity contribution in [1.29, 1.82) is 0 Å². The molecule has 20 heavy (non-hydrogen) atoms. The molecule has 0 aliphatic carbocycles. The highest BCUT2D eigenvalue weighted by Crippen LogP contribution is 1.71. The zero-order chi connectivity index (χ0) is 16.7. The average molecular weight is 294 g/mol. The van der Waals surface area contributed by atoms with E-state index in [0.29, 0.717) is 24.3 Å². The van der Waals surface area contributed by atoms with Gasteiger partial charge in [-0.3, -0.25) is 0 Å². The number of hydrogen-bond acceptors (Lipinski definition) is 7. The molecule has 0 radical (unpaired) electrons. The fraction of sp³-hybridized carbons (Fsp3) is 0. The van der Waals surface area contributed by atoms with Gasteiger partial charge in [0.05, 0.1) is 0 Å². The van der Waals surface area contributed by atoms with E-state index >= 15 is 0 Å². The molecule has 0 aromatic carbocycles. The number of rotatable bonds is 4. The van der Waals surface area contributed by atoms with Gasteiger partial charge in [-0.05, 0) is 0 Å². The molecule has 0 aliphatic rings. The van der Waals surface area contributed by atoms with Gasteiger partial charge in [0.15, 0.2) is 0 Å². The molecule has 0 atom stereocenters. The lowest BCUT2D eigenvalue weighted by Gasteiger charge is -1.74. The first kappa shape index (κ1) is 22.5. The number of carboxylic acids is 4. The van der Waals surface area contributed by atoms with Crippen LogP contribution in [0, 0.1) is 0 Å². The van der Waals surface area contributed by atoms with E-state index < -0.39 is 31.2 Å². The van der Waals surface area contributed by atoms with Gasteiger partial charge in [-0.25, -0.2) is 19.2 Å². The summed E-state index contributed by atoms with van der Waals surface area (Å²) in [5.74, 6) is -5.03. The Balaban J connectivity index is -0.000000230. The Hall–Kier alpha value is -2.70. The Bertz CT molecular complexity index is 315. The highest BCUT2D eigenvalue weighted by molar-refractivity contribution is 6.30. The van der Waals surface area contributed by atoms with E-state index in [1.54, 1.807) is 0 Å². The van der Waals surface area contributed by atoms with Crippen molar-refractivity contribution in [2.75, 3.05) is 0 Å². The Labute approximate surface area is 111 Å². The summed E-state index contributed by atoms with van der Waals surface area (Å²) in [7, 11) is -2.17. The SMILES string of the molecule is O=C(O)/C=C\C(=O)O.O=C(O)/C=C\C(=O)O.OB(O)O. The van der Waals surface area contributed by atoms with Gasteiger partial charge >= 0.3 is 31.2 Å². The molecule has 0 saturated carbocycles. The van der Waals surface area contributed by atoms with E-state index in [2.05, 4.69) is 0 Å². The number of hydrogen-bond donors (Lipinski definition) is 7. The van der Waals surface area contributed by atoms with Crippen molar-refractivity contribution in [3.8, 4) is 0 Å². The van der Waals surface area contributed by atoms with Crippen molar-refractivity contribution in [1.82, 2.24) is 0 Å². The Morgan fingerprint density at radius 2 is 0.650 bits per heavy atom. The summed E-state index contributed by atoms with van der Waals surface area (Å²) in [5, 5.41) is 52.7. The Morgan fingerprint density at radius 3 is 0.700 bits per heavy atom. The summed E-state index contributed by atoms with van der Waals surface area (Å²) in [6.07, 6.45) is 2.23. The quantitative estimate of drug-likeness (QED) is 0.210. The van der Waals surface area contributed by atoms with Gasteiger partial charge in [-0.15, -0.1) is 0 Å². The summed E-state index contributed by atoms with van der Waals surface area (Å²) in [5.41, 5.74) is 0. The maximum Gasteiger partial charge on any atom is 0.631 e. The predicted octanol–water partition coefficient (Wildman–Crippen LogP) is -2.63. The summed E-state index contributed by atoms with van der Waals surface area (Å²) < 4.78 is 0. The van der Waals surface area contributed by atoms with E-state index in [0.717, 1.165) is 0 Å². The molecule has 0 aromatic rings. The molecule has 0 heterocycles. The normalized spacial score (nSPS) is 8.95. The van der Waals surface area contributed by atoms with Crippen molar-refractivity contribution in [3.05, 3.63) is 24.3 Å². The Morgan fingerprint density at radius 1 is 0.550 bits per heavy atom. The van der Waals surface area contributed by atoms with Crippen LogP contribution in [0.3, 0.4) is 0 Å². The zero-order valence-corrected chi connectivity index (χ0v) is 9.65. The minimum Gasteiger partial charge on any atom is -0.478 e. The first-order valence-corrected chi connectivity index (χ1v) is 4.31. The van der Waals surface area contributed by atoms with Crippen LogP contribution in [0.4, 0.5) is 0 Å². The van der Waals surface area contributed by atoms with Crippen LogP contribution in [0.2, 0.25) is 0 Å². The van der Waals surface area contributed by atoms with Crippen LogP contribution in [-0.4, -0.2) is 66.7 Å². The summed E-state index contributed by atoms with van der Waals surface area (Å²) in [6, 6.07) is 0. The molecule has 112 valence electrons. The molecule has 0 amide bonds. The van der Waals surface area contributed by atoms with Crippen molar-refractivity contribution in [2.45, 2.75) is 0 Å². The average Bonchev–Trinajstić information content (AvgIpc) is 2.23. The third kappa shape index (κ3) is 58.7. The first-order valence-electron chi connectivity index (χ1n) is 4.31. The second kappa shape index (κ2) is 14.4. The van der Waals surface area contributed by atoms with Crippen LogP contribution in [0.5, 0.6) is 0 Å². The highest BCUT2D eigenvalue weighted by Gasteiger charge is 1.92. The van der Waals surface area contributed by atoms with Gasteiger partial charge < -0.3 is 35.5 Å². The second-order valence-corrected chi connectivity index (χ2v) is 2.37. The van der Waals surface area contributed by atoms with Crippen molar-refractivity contribution >= 4 is 31.2 Å². The molecule has 0 aromatic heterocycles. The molecule has 0 bridgehead atoms. The lowest BCUT2D eigenvalue weighted by atomic mass is 10.3. The molecule has 0 fully saturated rings. The zero-order valence-electron chi connectivity index (χ0n) is 9.65.